The van der Waals surface area contributed by atoms with Gasteiger partial charge in [-0.15, -0.1) is 0 Å². The van der Waals surface area contributed by atoms with Crippen LogP contribution in [0.15, 0.2) is 36.4 Å². The zero-order valence-electron chi connectivity index (χ0n) is 7.51. The van der Waals surface area contributed by atoms with Gasteiger partial charge in [0.15, 0.2) is 0 Å². The van der Waals surface area contributed by atoms with Crippen LogP contribution in [-0.4, -0.2) is 4.37 Å². The van der Waals surface area contributed by atoms with E-state index in [1.54, 1.807) is 0 Å². The van der Waals surface area contributed by atoms with Gasteiger partial charge in [0.25, 0.3) is 0 Å². The average molecular weight is 206 g/mol. The molecule has 0 fully saturated rings. The van der Waals surface area contributed by atoms with Crippen LogP contribution in [0.25, 0.3) is 0 Å². The van der Waals surface area contributed by atoms with E-state index in [4.69, 9.17) is 10.5 Å². The van der Waals surface area contributed by atoms with Gasteiger partial charge in [-0.05, 0) is 29.7 Å². The zero-order valence-corrected chi connectivity index (χ0v) is 8.33. The summed E-state index contributed by atoms with van der Waals surface area (Å²) in [6.07, 6.45) is 0. The van der Waals surface area contributed by atoms with Crippen LogP contribution in [-0.2, 0) is 6.61 Å². The Morgan fingerprint density at radius 3 is 2.71 bits per heavy atom. The number of nitrogen functional groups attached to an aromatic ring is 1. The van der Waals surface area contributed by atoms with Crippen molar-refractivity contribution in [2.75, 3.05) is 5.73 Å². The van der Waals surface area contributed by atoms with Crippen LogP contribution >= 0.6 is 11.5 Å². The van der Waals surface area contributed by atoms with Gasteiger partial charge in [-0.25, -0.2) is 0 Å². The fraction of sp³-hybridized carbons (Fsp3) is 0.100. The van der Waals surface area contributed by atoms with Crippen molar-refractivity contribution in [3.05, 3.63) is 42.1 Å². The lowest BCUT2D eigenvalue weighted by Crippen LogP contribution is -1.94. The molecule has 0 aliphatic rings. The predicted molar refractivity (Wildman–Crippen MR) is 57.3 cm³/mol. The molecule has 4 heteroatoms. The number of hydrogen-bond acceptors (Lipinski definition) is 4. The van der Waals surface area contributed by atoms with Crippen molar-refractivity contribution in [2.45, 2.75) is 6.61 Å². The van der Waals surface area contributed by atoms with Crippen molar-refractivity contribution < 1.29 is 4.74 Å². The van der Waals surface area contributed by atoms with Gasteiger partial charge in [-0.2, -0.15) is 4.37 Å². The van der Waals surface area contributed by atoms with Gasteiger partial charge in [0.2, 0.25) is 0 Å². The average Bonchev–Trinajstić information content (AvgIpc) is 2.63. The lowest BCUT2D eigenvalue weighted by molar-refractivity contribution is 0.302. The van der Waals surface area contributed by atoms with Crippen LogP contribution in [0, 0.1) is 0 Å². The first-order chi connectivity index (χ1) is 6.84. The molecule has 0 atom stereocenters. The number of hydrogen-bond donors (Lipinski definition) is 1. The van der Waals surface area contributed by atoms with Gasteiger partial charge in [0.1, 0.15) is 17.4 Å². The molecule has 72 valence electrons. The van der Waals surface area contributed by atoms with E-state index in [1.807, 2.05) is 36.4 Å². The Kier molecular flexibility index (Phi) is 2.65. The Bertz CT molecular complexity index is 400. The highest BCUT2D eigenvalue weighted by Gasteiger charge is 1.99. The first-order valence-electron chi connectivity index (χ1n) is 4.23. The minimum Gasteiger partial charge on any atom is -0.487 e. The van der Waals surface area contributed by atoms with E-state index in [0.29, 0.717) is 6.61 Å². The summed E-state index contributed by atoms with van der Waals surface area (Å²) in [5.74, 6) is 0.846. The molecule has 2 rings (SSSR count). The van der Waals surface area contributed by atoms with Crippen molar-refractivity contribution in [1.82, 2.24) is 4.37 Å². The van der Waals surface area contributed by atoms with Crippen molar-refractivity contribution in [3.63, 3.8) is 0 Å². The maximum Gasteiger partial charge on any atom is 0.131 e. The first-order valence-corrected chi connectivity index (χ1v) is 5.01. The molecule has 0 aliphatic heterocycles. The third-order valence-electron chi connectivity index (χ3n) is 1.71. The minimum absolute atomic E-state index is 0.470. The Balaban J connectivity index is 1.95. The largest absolute Gasteiger partial charge is 0.487 e. The van der Waals surface area contributed by atoms with Crippen molar-refractivity contribution >= 4 is 16.5 Å². The molecular formula is C10H10N2OS. The van der Waals surface area contributed by atoms with E-state index in [9.17, 15) is 0 Å². The van der Waals surface area contributed by atoms with E-state index in [0.717, 1.165) is 16.4 Å². The summed E-state index contributed by atoms with van der Waals surface area (Å²) in [6.45, 7) is 0.470. The Morgan fingerprint density at radius 2 is 2.07 bits per heavy atom. The quantitative estimate of drug-likeness (QED) is 0.838. The summed E-state index contributed by atoms with van der Waals surface area (Å²) in [4.78, 5) is 0. The van der Waals surface area contributed by atoms with Gasteiger partial charge >= 0.3 is 0 Å². The van der Waals surface area contributed by atoms with Gasteiger partial charge in [0.05, 0.1) is 5.69 Å². The fourth-order valence-corrected chi connectivity index (χ4v) is 1.59. The number of ether oxygens (including phenoxy) is 1. The third-order valence-corrected chi connectivity index (χ3v) is 2.36. The topological polar surface area (TPSA) is 48.1 Å². The highest BCUT2D eigenvalue weighted by Crippen LogP contribution is 2.15. The van der Waals surface area contributed by atoms with Crippen LogP contribution in [0.1, 0.15) is 5.69 Å². The maximum absolute atomic E-state index is 5.55. The number of benzene rings is 1. The molecule has 0 spiro atoms. The number of aromatic nitrogens is 1. The van der Waals surface area contributed by atoms with Crippen molar-refractivity contribution in [2.24, 2.45) is 0 Å². The molecule has 14 heavy (non-hydrogen) atoms. The molecule has 0 aliphatic carbocycles. The highest BCUT2D eigenvalue weighted by atomic mass is 32.1. The minimum atomic E-state index is 0.470. The molecular weight excluding hydrogens is 196 g/mol. The smallest absolute Gasteiger partial charge is 0.131 e. The molecule has 2 aromatic rings. The molecule has 1 aromatic heterocycles. The van der Waals surface area contributed by atoms with Gasteiger partial charge in [-0.1, -0.05) is 18.2 Å². The normalized spacial score (nSPS) is 10.0. The number of rotatable bonds is 3. The highest BCUT2D eigenvalue weighted by molar-refractivity contribution is 7.09. The lowest BCUT2D eigenvalue weighted by Gasteiger charge is -2.02. The third kappa shape index (κ3) is 2.23. The van der Waals surface area contributed by atoms with E-state index in [-0.39, 0.29) is 0 Å². The molecule has 0 amide bonds. The number of nitrogens with zero attached hydrogens (tertiary/aromatic N) is 1. The zero-order chi connectivity index (χ0) is 9.80. The van der Waals surface area contributed by atoms with Crippen LogP contribution in [0.5, 0.6) is 5.75 Å². The predicted octanol–water partition coefficient (Wildman–Crippen LogP) is 2.30. The number of nitrogens with two attached hydrogens (primary N) is 1. The SMILES string of the molecule is Nc1cc(COc2ccccc2)ns1. The lowest BCUT2D eigenvalue weighted by atomic mass is 10.3. The molecule has 0 radical (unpaired) electrons. The van der Waals surface area contributed by atoms with E-state index in [1.165, 1.54) is 11.5 Å². The van der Waals surface area contributed by atoms with Gasteiger partial charge in [0, 0.05) is 0 Å². The second-order valence-electron chi connectivity index (χ2n) is 2.82. The standard InChI is InChI=1S/C10H10N2OS/c11-10-6-8(12-14-10)7-13-9-4-2-1-3-5-9/h1-6H,7,11H2. The second-order valence-corrected chi connectivity index (χ2v) is 3.66. The molecule has 0 saturated carbocycles. The van der Waals surface area contributed by atoms with Crippen molar-refractivity contribution in [3.8, 4) is 5.75 Å². The Hall–Kier alpha value is -1.55. The van der Waals surface area contributed by atoms with Crippen LogP contribution in [0.4, 0.5) is 5.00 Å². The first kappa shape index (κ1) is 9.02. The van der Waals surface area contributed by atoms with Crippen molar-refractivity contribution in [1.29, 1.82) is 0 Å². The molecule has 3 nitrogen and oxygen atoms in total. The number of anilines is 1. The fourth-order valence-electron chi connectivity index (χ4n) is 1.07. The monoisotopic (exact) mass is 206 g/mol. The molecule has 1 aromatic carbocycles. The Morgan fingerprint density at radius 1 is 1.29 bits per heavy atom. The second kappa shape index (κ2) is 4.11. The van der Waals surface area contributed by atoms with Crippen LogP contribution in [0.3, 0.4) is 0 Å². The van der Waals surface area contributed by atoms with Crippen LogP contribution < -0.4 is 10.5 Å². The Labute approximate surface area is 86.3 Å². The summed E-state index contributed by atoms with van der Waals surface area (Å²) in [6, 6.07) is 11.5. The summed E-state index contributed by atoms with van der Waals surface area (Å²) < 4.78 is 9.62. The summed E-state index contributed by atoms with van der Waals surface area (Å²) in [5.41, 5.74) is 6.42. The van der Waals surface area contributed by atoms with Gasteiger partial charge in [-0.3, -0.25) is 0 Å². The van der Waals surface area contributed by atoms with E-state index in [2.05, 4.69) is 4.37 Å². The molecule has 1 heterocycles. The summed E-state index contributed by atoms with van der Waals surface area (Å²) in [5, 5.41) is 0.719. The molecule has 0 unspecified atom stereocenters. The summed E-state index contributed by atoms with van der Waals surface area (Å²) in [7, 11) is 0. The van der Waals surface area contributed by atoms with Crippen LogP contribution in [0.2, 0.25) is 0 Å². The molecule has 2 N–H and O–H groups in total. The van der Waals surface area contributed by atoms with E-state index >= 15 is 0 Å². The molecule has 0 bridgehead atoms. The van der Waals surface area contributed by atoms with Gasteiger partial charge < -0.3 is 10.5 Å². The molecule has 0 saturated heterocycles. The summed E-state index contributed by atoms with van der Waals surface area (Å²) >= 11 is 1.29. The number of para-hydroxylation sites is 1. The van der Waals surface area contributed by atoms with E-state index < -0.39 is 0 Å². The maximum atomic E-state index is 5.55.